The highest BCUT2D eigenvalue weighted by molar-refractivity contribution is 9.10. The van der Waals surface area contributed by atoms with Crippen LogP contribution in [-0.4, -0.2) is 16.3 Å². The number of halogens is 1. The number of nitrogens with one attached hydrogen (secondary N) is 1. The van der Waals surface area contributed by atoms with Crippen molar-refractivity contribution in [1.29, 1.82) is 0 Å². The Morgan fingerprint density at radius 2 is 1.82 bits per heavy atom. The zero-order valence-corrected chi connectivity index (χ0v) is 12.3. The fraction of sp³-hybridized carbons (Fsp3) is 0.929. The van der Waals surface area contributed by atoms with Gasteiger partial charge in [-0.3, -0.25) is 4.79 Å². The molecule has 0 aromatic heterocycles. The molecular formula is C14H22BrNO. The van der Waals surface area contributed by atoms with Gasteiger partial charge in [0.05, 0.1) is 5.41 Å². The summed E-state index contributed by atoms with van der Waals surface area (Å²) < 4.78 is 0.283. The van der Waals surface area contributed by atoms with Crippen molar-refractivity contribution in [1.82, 2.24) is 5.32 Å². The van der Waals surface area contributed by atoms with Crippen LogP contribution in [0.4, 0.5) is 0 Å². The van der Waals surface area contributed by atoms with Gasteiger partial charge in [-0.2, -0.15) is 0 Å². The topological polar surface area (TPSA) is 29.1 Å². The smallest absolute Gasteiger partial charge is 0.226 e. The van der Waals surface area contributed by atoms with E-state index in [0.717, 1.165) is 31.1 Å². The second kappa shape index (κ2) is 3.72. The van der Waals surface area contributed by atoms with Crippen LogP contribution in [-0.2, 0) is 4.79 Å². The lowest BCUT2D eigenvalue weighted by Gasteiger charge is -2.59. The standard InChI is InChI=1S/C14H22BrNO/c1-9(2)16-12(17)13-4-10-3-11(5-13)7-14(15,6-10)8-13/h9-11H,3-8H2,1-2H3,(H,16,17). The maximum atomic E-state index is 12.5. The molecule has 1 amide bonds. The largest absolute Gasteiger partial charge is 0.353 e. The van der Waals surface area contributed by atoms with Crippen LogP contribution in [0.3, 0.4) is 0 Å². The normalized spacial score (nSPS) is 47.5. The van der Waals surface area contributed by atoms with Gasteiger partial charge in [0.25, 0.3) is 0 Å². The maximum Gasteiger partial charge on any atom is 0.226 e. The summed E-state index contributed by atoms with van der Waals surface area (Å²) in [5.41, 5.74) is -0.0438. The average Bonchev–Trinajstić information content (AvgIpc) is 2.11. The first kappa shape index (κ1) is 12.0. The lowest BCUT2D eigenvalue weighted by atomic mass is 9.49. The third kappa shape index (κ3) is 1.94. The van der Waals surface area contributed by atoms with E-state index in [-0.39, 0.29) is 15.8 Å². The molecule has 96 valence electrons. The first-order valence-electron chi connectivity index (χ1n) is 6.91. The highest BCUT2D eigenvalue weighted by atomic mass is 79.9. The highest BCUT2D eigenvalue weighted by Crippen LogP contribution is 2.64. The van der Waals surface area contributed by atoms with E-state index in [1.165, 1.54) is 19.3 Å². The molecule has 0 radical (unpaired) electrons. The number of amides is 1. The third-order valence-corrected chi connectivity index (χ3v) is 5.82. The van der Waals surface area contributed by atoms with Crippen molar-refractivity contribution in [3.05, 3.63) is 0 Å². The zero-order valence-electron chi connectivity index (χ0n) is 10.8. The van der Waals surface area contributed by atoms with E-state index < -0.39 is 0 Å². The van der Waals surface area contributed by atoms with E-state index in [4.69, 9.17) is 0 Å². The van der Waals surface area contributed by atoms with Gasteiger partial charge in [0.15, 0.2) is 0 Å². The quantitative estimate of drug-likeness (QED) is 0.779. The molecule has 0 saturated heterocycles. The fourth-order valence-corrected chi connectivity index (χ4v) is 6.28. The molecular weight excluding hydrogens is 278 g/mol. The molecule has 4 bridgehead atoms. The summed E-state index contributed by atoms with van der Waals surface area (Å²) in [7, 11) is 0. The van der Waals surface area contributed by atoms with Gasteiger partial charge in [0.1, 0.15) is 0 Å². The number of hydrogen-bond donors (Lipinski definition) is 1. The molecule has 0 aromatic rings. The molecule has 4 fully saturated rings. The molecule has 4 rings (SSSR count). The van der Waals surface area contributed by atoms with Crippen molar-refractivity contribution in [2.75, 3.05) is 0 Å². The second-order valence-electron chi connectivity index (χ2n) is 7.02. The minimum Gasteiger partial charge on any atom is -0.353 e. The summed E-state index contributed by atoms with van der Waals surface area (Å²) in [6, 6.07) is 0.266. The molecule has 0 heterocycles. The van der Waals surface area contributed by atoms with Crippen LogP contribution in [0, 0.1) is 17.3 Å². The van der Waals surface area contributed by atoms with Gasteiger partial charge in [-0.15, -0.1) is 0 Å². The van der Waals surface area contributed by atoms with Gasteiger partial charge < -0.3 is 5.32 Å². The van der Waals surface area contributed by atoms with Crippen LogP contribution in [0.5, 0.6) is 0 Å². The Morgan fingerprint density at radius 3 is 2.29 bits per heavy atom. The maximum absolute atomic E-state index is 12.5. The van der Waals surface area contributed by atoms with Crippen LogP contribution in [0.2, 0.25) is 0 Å². The first-order valence-corrected chi connectivity index (χ1v) is 7.70. The van der Waals surface area contributed by atoms with Gasteiger partial charge in [-0.25, -0.2) is 0 Å². The van der Waals surface area contributed by atoms with Crippen molar-refractivity contribution in [2.45, 2.75) is 62.7 Å². The molecule has 4 aliphatic carbocycles. The summed E-state index contributed by atoms with van der Waals surface area (Å²) >= 11 is 3.95. The van der Waals surface area contributed by atoms with Gasteiger partial charge in [0, 0.05) is 10.4 Å². The Kier molecular flexibility index (Phi) is 2.63. The average molecular weight is 300 g/mol. The van der Waals surface area contributed by atoms with E-state index in [1.54, 1.807) is 0 Å². The summed E-state index contributed by atoms with van der Waals surface area (Å²) in [5.74, 6) is 1.90. The molecule has 2 atom stereocenters. The summed E-state index contributed by atoms with van der Waals surface area (Å²) in [5, 5.41) is 3.16. The minimum atomic E-state index is -0.0438. The predicted molar refractivity (Wildman–Crippen MR) is 72.1 cm³/mol. The SMILES string of the molecule is CC(C)NC(=O)C12CC3CC(CC(Br)(C3)C1)C2. The van der Waals surface area contributed by atoms with Crippen LogP contribution in [0.1, 0.15) is 52.4 Å². The van der Waals surface area contributed by atoms with Crippen LogP contribution >= 0.6 is 15.9 Å². The van der Waals surface area contributed by atoms with Crippen LogP contribution in [0.25, 0.3) is 0 Å². The number of alkyl halides is 1. The fourth-order valence-electron chi connectivity index (χ4n) is 4.83. The third-order valence-electron chi connectivity index (χ3n) is 4.89. The number of hydrogen-bond acceptors (Lipinski definition) is 1. The van der Waals surface area contributed by atoms with Crippen molar-refractivity contribution in [3.63, 3.8) is 0 Å². The number of carbonyl (C=O) groups excluding carboxylic acids is 1. The molecule has 3 heteroatoms. The number of rotatable bonds is 2. The van der Waals surface area contributed by atoms with Gasteiger partial charge in [0.2, 0.25) is 5.91 Å². The van der Waals surface area contributed by atoms with Crippen molar-refractivity contribution >= 4 is 21.8 Å². The predicted octanol–water partition coefficient (Wildman–Crippen LogP) is 3.24. The second-order valence-corrected chi connectivity index (χ2v) is 8.70. The Bertz CT molecular complexity index is 338. The minimum absolute atomic E-state index is 0.0438. The molecule has 4 saturated carbocycles. The van der Waals surface area contributed by atoms with Crippen LogP contribution < -0.4 is 5.32 Å². The molecule has 4 aliphatic rings. The first-order chi connectivity index (χ1) is 7.91. The summed E-state index contributed by atoms with van der Waals surface area (Å²) in [6.45, 7) is 4.12. The van der Waals surface area contributed by atoms with E-state index in [2.05, 4.69) is 35.1 Å². The van der Waals surface area contributed by atoms with Crippen LogP contribution in [0.15, 0.2) is 0 Å². The Hall–Kier alpha value is -0.0500. The molecule has 2 nitrogen and oxygen atoms in total. The monoisotopic (exact) mass is 299 g/mol. The summed E-state index contributed by atoms with van der Waals surface area (Å²) in [6.07, 6.45) is 7.28. The highest BCUT2D eigenvalue weighted by Gasteiger charge is 2.59. The van der Waals surface area contributed by atoms with E-state index in [9.17, 15) is 4.79 Å². The molecule has 1 N–H and O–H groups in total. The van der Waals surface area contributed by atoms with Gasteiger partial charge in [-0.05, 0) is 64.2 Å². The van der Waals surface area contributed by atoms with E-state index in [0.29, 0.717) is 5.91 Å². The zero-order chi connectivity index (χ0) is 12.3. The molecule has 0 aromatic carbocycles. The Morgan fingerprint density at radius 1 is 1.24 bits per heavy atom. The number of carbonyl (C=O) groups is 1. The molecule has 0 aliphatic heterocycles. The molecule has 0 spiro atoms. The van der Waals surface area contributed by atoms with Crippen molar-refractivity contribution in [2.24, 2.45) is 17.3 Å². The lowest BCUT2D eigenvalue weighted by molar-refractivity contribution is -0.144. The van der Waals surface area contributed by atoms with Crippen molar-refractivity contribution < 1.29 is 4.79 Å². The lowest BCUT2D eigenvalue weighted by Crippen LogP contribution is -2.58. The van der Waals surface area contributed by atoms with E-state index in [1.807, 2.05) is 0 Å². The molecule has 2 unspecified atom stereocenters. The summed E-state index contributed by atoms with van der Waals surface area (Å²) in [4.78, 5) is 12.5. The van der Waals surface area contributed by atoms with Gasteiger partial charge >= 0.3 is 0 Å². The Balaban J connectivity index is 1.85. The van der Waals surface area contributed by atoms with Crippen molar-refractivity contribution in [3.8, 4) is 0 Å². The van der Waals surface area contributed by atoms with E-state index >= 15 is 0 Å². The Labute approximate surface area is 112 Å². The van der Waals surface area contributed by atoms with Gasteiger partial charge in [-0.1, -0.05) is 15.9 Å². The molecule has 17 heavy (non-hydrogen) atoms.